The normalized spacial score (nSPS) is 26.1. The van der Waals surface area contributed by atoms with Crippen LogP contribution in [0.3, 0.4) is 0 Å². The number of nitrogens with one attached hydrogen (secondary N) is 1. The highest BCUT2D eigenvalue weighted by Gasteiger charge is 2.25. The molecule has 0 aliphatic heterocycles. The Bertz CT molecular complexity index is 174. The number of hydrogen-bond donors (Lipinski definition) is 1. The van der Waals surface area contributed by atoms with Gasteiger partial charge in [-0.25, -0.2) is 0 Å². The van der Waals surface area contributed by atoms with E-state index in [1.165, 1.54) is 57.9 Å². The van der Waals surface area contributed by atoms with Crippen LogP contribution in [-0.4, -0.2) is 13.1 Å². The molecular weight excluding hydrogens is 206 g/mol. The maximum absolute atomic E-state index is 3.59. The maximum Gasteiger partial charge on any atom is -0.00180 e. The summed E-state index contributed by atoms with van der Waals surface area (Å²) in [5, 5.41) is 3.59. The van der Waals surface area contributed by atoms with Gasteiger partial charge in [-0.15, -0.1) is 0 Å². The van der Waals surface area contributed by atoms with E-state index in [2.05, 4.69) is 26.1 Å². The lowest BCUT2D eigenvalue weighted by Crippen LogP contribution is -2.28. The first-order valence-corrected chi connectivity index (χ1v) is 8.02. The summed E-state index contributed by atoms with van der Waals surface area (Å²) in [5.74, 6) is 2.93. The Hall–Kier alpha value is -0.0400. The molecule has 0 heterocycles. The van der Waals surface area contributed by atoms with Gasteiger partial charge in [-0.05, 0) is 43.7 Å². The minimum absolute atomic E-state index is 0.957. The zero-order valence-corrected chi connectivity index (χ0v) is 12.3. The Labute approximate surface area is 109 Å². The average molecular weight is 239 g/mol. The largest absolute Gasteiger partial charge is 0.317 e. The van der Waals surface area contributed by atoms with E-state index in [0.29, 0.717) is 0 Å². The average Bonchev–Trinajstić information content (AvgIpc) is 2.58. The highest BCUT2D eigenvalue weighted by molar-refractivity contribution is 4.77. The third-order valence-electron chi connectivity index (χ3n) is 4.76. The number of rotatable bonds is 7. The predicted octanol–water partition coefficient (Wildman–Crippen LogP) is 4.62. The third-order valence-corrected chi connectivity index (χ3v) is 4.76. The van der Waals surface area contributed by atoms with Crippen LogP contribution in [0.25, 0.3) is 0 Å². The SMILES string of the molecule is CCNCC1CCCCCC1CC(CC)CC. The smallest absolute Gasteiger partial charge is 0.00180 e. The van der Waals surface area contributed by atoms with Gasteiger partial charge in [0, 0.05) is 0 Å². The highest BCUT2D eigenvalue weighted by atomic mass is 14.8. The maximum atomic E-state index is 3.59. The molecule has 102 valence electrons. The molecule has 0 saturated heterocycles. The third kappa shape index (κ3) is 5.42. The first-order valence-electron chi connectivity index (χ1n) is 8.02. The molecule has 0 bridgehead atoms. The van der Waals surface area contributed by atoms with E-state index in [1.807, 2.05) is 0 Å². The second-order valence-electron chi connectivity index (χ2n) is 5.88. The van der Waals surface area contributed by atoms with Crippen molar-refractivity contribution in [2.24, 2.45) is 17.8 Å². The van der Waals surface area contributed by atoms with E-state index >= 15 is 0 Å². The van der Waals surface area contributed by atoms with Crippen LogP contribution in [0.15, 0.2) is 0 Å². The molecule has 17 heavy (non-hydrogen) atoms. The van der Waals surface area contributed by atoms with Crippen molar-refractivity contribution in [2.45, 2.75) is 72.1 Å². The van der Waals surface area contributed by atoms with Gasteiger partial charge >= 0.3 is 0 Å². The van der Waals surface area contributed by atoms with Gasteiger partial charge in [0.2, 0.25) is 0 Å². The van der Waals surface area contributed by atoms with E-state index in [0.717, 1.165) is 24.3 Å². The van der Waals surface area contributed by atoms with Crippen molar-refractivity contribution in [3.8, 4) is 0 Å². The minimum atomic E-state index is 0.957. The first kappa shape index (κ1) is 15.0. The molecule has 1 rings (SSSR count). The standard InChI is InChI=1S/C16H33N/c1-4-14(5-2)12-15-10-8-7-9-11-16(15)13-17-6-3/h14-17H,4-13H2,1-3H3. The van der Waals surface area contributed by atoms with Crippen molar-refractivity contribution in [3.63, 3.8) is 0 Å². The van der Waals surface area contributed by atoms with Crippen LogP contribution in [0, 0.1) is 17.8 Å². The summed E-state index contributed by atoms with van der Waals surface area (Å²) in [6.45, 7) is 9.36. The van der Waals surface area contributed by atoms with E-state index in [1.54, 1.807) is 0 Å². The molecule has 0 aromatic heterocycles. The molecule has 1 aliphatic carbocycles. The molecule has 1 nitrogen and oxygen atoms in total. The molecule has 1 heteroatoms. The van der Waals surface area contributed by atoms with Crippen LogP contribution < -0.4 is 5.32 Å². The molecule has 1 fully saturated rings. The highest BCUT2D eigenvalue weighted by Crippen LogP contribution is 2.34. The molecular formula is C16H33N. The van der Waals surface area contributed by atoms with Gasteiger partial charge in [-0.2, -0.15) is 0 Å². The van der Waals surface area contributed by atoms with Crippen molar-refractivity contribution in [3.05, 3.63) is 0 Å². The summed E-state index contributed by atoms with van der Waals surface area (Å²) in [6.07, 6.45) is 11.6. The molecule has 0 aromatic carbocycles. The minimum Gasteiger partial charge on any atom is -0.317 e. The van der Waals surface area contributed by atoms with Gasteiger partial charge in [0.05, 0.1) is 0 Å². The van der Waals surface area contributed by atoms with Crippen molar-refractivity contribution in [2.75, 3.05) is 13.1 Å². The first-order chi connectivity index (χ1) is 8.31. The second-order valence-corrected chi connectivity index (χ2v) is 5.88. The van der Waals surface area contributed by atoms with E-state index in [-0.39, 0.29) is 0 Å². The second kappa shape index (κ2) is 8.97. The predicted molar refractivity (Wildman–Crippen MR) is 77.3 cm³/mol. The van der Waals surface area contributed by atoms with Crippen LogP contribution in [0.4, 0.5) is 0 Å². The van der Waals surface area contributed by atoms with Crippen molar-refractivity contribution in [1.82, 2.24) is 5.32 Å². The quantitative estimate of drug-likeness (QED) is 0.639. The fourth-order valence-corrected chi connectivity index (χ4v) is 3.42. The Morgan fingerprint density at radius 1 is 0.941 bits per heavy atom. The summed E-state index contributed by atoms with van der Waals surface area (Å²) in [7, 11) is 0. The molecule has 2 atom stereocenters. The van der Waals surface area contributed by atoms with Crippen molar-refractivity contribution in [1.29, 1.82) is 0 Å². The summed E-state index contributed by atoms with van der Waals surface area (Å²) >= 11 is 0. The molecule has 0 amide bonds. The fraction of sp³-hybridized carbons (Fsp3) is 1.00. The summed E-state index contributed by atoms with van der Waals surface area (Å²) in [6, 6.07) is 0. The van der Waals surface area contributed by atoms with Gasteiger partial charge in [-0.3, -0.25) is 0 Å². The summed E-state index contributed by atoms with van der Waals surface area (Å²) in [4.78, 5) is 0. The monoisotopic (exact) mass is 239 g/mol. The molecule has 0 aromatic rings. The van der Waals surface area contributed by atoms with Crippen molar-refractivity contribution >= 4 is 0 Å². The fourth-order valence-electron chi connectivity index (χ4n) is 3.42. The summed E-state index contributed by atoms with van der Waals surface area (Å²) < 4.78 is 0. The zero-order valence-electron chi connectivity index (χ0n) is 12.3. The zero-order chi connectivity index (χ0) is 12.5. The molecule has 0 spiro atoms. The van der Waals surface area contributed by atoms with E-state index in [9.17, 15) is 0 Å². The summed E-state index contributed by atoms with van der Waals surface area (Å²) in [5.41, 5.74) is 0. The molecule has 2 unspecified atom stereocenters. The van der Waals surface area contributed by atoms with Gasteiger partial charge in [-0.1, -0.05) is 59.3 Å². The molecule has 0 radical (unpaired) electrons. The van der Waals surface area contributed by atoms with Crippen LogP contribution in [0.1, 0.15) is 72.1 Å². The Morgan fingerprint density at radius 2 is 1.59 bits per heavy atom. The lowest BCUT2D eigenvalue weighted by molar-refractivity contribution is 0.239. The van der Waals surface area contributed by atoms with Gasteiger partial charge in [0.15, 0.2) is 0 Å². The lowest BCUT2D eigenvalue weighted by Gasteiger charge is -2.28. The van der Waals surface area contributed by atoms with Gasteiger partial charge in [0.1, 0.15) is 0 Å². The van der Waals surface area contributed by atoms with Gasteiger partial charge < -0.3 is 5.32 Å². The van der Waals surface area contributed by atoms with Crippen LogP contribution >= 0.6 is 0 Å². The van der Waals surface area contributed by atoms with Gasteiger partial charge in [0.25, 0.3) is 0 Å². The van der Waals surface area contributed by atoms with Crippen LogP contribution in [0.5, 0.6) is 0 Å². The molecule has 1 N–H and O–H groups in total. The topological polar surface area (TPSA) is 12.0 Å². The Kier molecular flexibility index (Phi) is 7.92. The van der Waals surface area contributed by atoms with Crippen LogP contribution in [-0.2, 0) is 0 Å². The Balaban J connectivity index is 2.48. The Morgan fingerprint density at radius 3 is 2.18 bits per heavy atom. The number of hydrogen-bond acceptors (Lipinski definition) is 1. The van der Waals surface area contributed by atoms with Crippen molar-refractivity contribution < 1.29 is 0 Å². The van der Waals surface area contributed by atoms with E-state index < -0.39 is 0 Å². The molecule has 1 saturated carbocycles. The molecule has 1 aliphatic rings. The lowest BCUT2D eigenvalue weighted by atomic mass is 9.79. The van der Waals surface area contributed by atoms with Crippen LogP contribution in [0.2, 0.25) is 0 Å². The van der Waals surface area contributed by atoms with E-state index in [4.69, 9.17) is 0 Å².